The van der Waals surface area contributed by atoms with Crippen LogP contribution in [0.15, 0.2) is 59.0 Å². The first-order valence-electron chi connectivity index (χ1n) is 14.0. The van der Waals surface area contributed by atoms with Gasteiger partial charge in [0.25, 0.3) is 0 Å². The molecular weight excluding hydrogens is 595 g/mol. The van der Waals surface area contributed by atoms with Crippen LogP contribution in [0.25, 0.3) is 22.8 Å². The highest BCUT2D eigenvalue weighted by Gasteiger charge is 2.36. The summed E-state index contributed by atoms with van der Waals surface area (Å²) in [4.78, 5) is 30.2. The Labute approximate surface area is 255 Å². The molecule has 0 aliphatic heterocycles. The van der Waals surface area contributed by atoms with Crippen molar-refractivity contribution in [3.05, 3.63) is 77.2 Å². The van der Waals surface area contributed by atoms with Gasteiger partial charge in [0, 0.05) is 11.5 Å². The molecular formula is C31H28F3N5O6. The fraction of sp³-hybridized carbons (Fsp3) is 0.355. The molecule has 2 heterocycles. The zero-order valence-corrected chi connectivity index (χ0v) is 24.3. The van der Waals surface area contributed by atoms with Crippen molar-refractivity contribution in [2.75, 3.05) is 13.2 Å². The molecule has 1 saturated carbocycles. The Bertz CT molecular complexity index is 1720. The van der Waals surface area contributed by atoms with Crippen LogP contribution in [0.1, 0.15) is 55.2 Å². The van der Waals surface area contributed by atoms with Gasteiger partial charge in [-0.25, -0.2) is 9.78 Å². The average Bonchev–Trinajstić information content (AvgIpc) is 3.64. The molecule has 234 valence electrons. The largest absolute Gasteiger partial charge is 0.508 e. The summed E-state index contributed by atoms with van der Waals surface area (Å²) in [7, 11) is 0. The minimum atomic E-state index is -4.54. The predicted molar refractivity (Wildman–Crippen MR) is 150 cm³/mol. The predicted octanol–water partition coefficient (Wildman–Crippen LogP) is 6.29. The highest BCUT2D eigenvalue weighted by atomic mass is 19.4. The van der Waals surface area contributed by atoms with Gasteiger partial charge in [-0.2, -0.15) is 23.2 Å². The number of aromatic nitrogens is 4. The van der Waals surface area contributed by atoms with Crippen LogP contribution in [0.2, 0.25) is 0 Å². The molecule has 45 heavy (non-hydrogen) atoms. The van der Waals surface area contributed by atoms with Crippen molar-refractivity contribution in [2.45, 2.75) is 51.9 Å². The van der Waals surface area contributed by atoms with Crippen molar-refractivity contribution in [1.29, 1.82) is 5.26 Å². The summed E-state index contributed by atoms with van der Waals surface area (Å²) in [6.07, 6.45) is -3.99. The van der Waals surface area contributed by atoms with Crippen LogP contribution in [0, 0.1) is 16.7 Å². The maximum absolute atomic E-state index is 13.3. The third kappa shape index (κ3) is 7.67. The van der Waals surface area contributed by atoms with Gasteiger partial charge in [-0.1, -0.05) is 36.4 Å². The summed E-state index contributed by atoms with van der Waals surface area (Å²) in [5.41, 5.74) is -0.795. The molecule has 0 unspecified atom stereocenters. The standard InChI is InChI=1S/C31H28F3N5O6/c1-30(2,28(40)43-17-19-7-4-3-5-8-19)18-44-29(41)42-14-13-39-37-23(16-35)24(38-39)25-26(20-11-12-20)45-27(36-25)21-9-6-10-22(15-21)31(32,33)34/h3-10,15,20H,11-14,17-18H2,1-2H3. The van der Waals surface area contributed by atoms with Gasteiger partial charge in [0.2, 0.25) is 5.89 Å². The minimum Gasteiger partial charge on any atom is -0.460 e. The monoisotopic (exact) mass is 623 g/mol. The molecule has 0 radical (unpaired) electrons. The second kappa shape index (κ2) is 12.8. The van der Waals surface area contributed by atoms with Crippen molar-refractivity contribution in [3.8, 4) is 28.9 Å². The van der Waals surface area contributed by atoms with E-state index >= 15 is 0 Å². The molecule has 5 rings (SSSR count). The normalized spacial score (nSPS) is 13.2. The summed E-state index contributed by atoms with van der Waals surface area (Å²) in [6.45, 7) is 2.67. The Hall–Kier alpha value is -5.19. The van der Waals surface area contributed by atoms with Crippen molar-refractivity contribution in [1.82, 2.24) is 20.0 Å². The molecule has 0 saturated heterocycles. The van der Waals surface area contributed by atoms with Crippen molar-refractivity contribution < 1.29 is 41.4 Å². The molecule has 0 bridgehead atoms. The lowest BCUT2D eigenvalue weighted by Crippen LogP contribution is -2.32. The number of rotatable bonds is 11. The third-order valence-electron chi connectivity index (χ3n) is 6.85. The molecule has 1 aliphatic rings. The zero-order valence-electron chi connectivity index (χ0n) is 24.3. The Morgan fingerprint density at radius 1 is 1.02 bits per heavy atom. The molecule has 2 aromatic carbocycles. The molecule has 2 aromatic heterocycles. The first-order chi connectivity index (χ1) is 21.4. The number of benzene rings is 2. The highest BCUT2D eigenvalue weighted by molar-refractivity contribution is 5.76. The van der Waals surface area contributed by atoms with E-state index in [1.807, 2.05) is 36.4 Å². The molecule has 0 amide bonds. The number of carbonyl (C=O) groups excluding carboxylic acids is 2. The number of ether oxygens (including phenoxy) is 3. The van der Waals surface area contributed by atoms with E-state index in [1.54, 1.807) is 13.8 Å². The van der Waals surface area contributed by atoms with Gasteiger partial charge in [-0.3, -0.25) is 4.79 Å². The van der Waals surface area contributed by atoms with Gasteiger partial charge in [0.1, 0.15) is 37.3 Å². The topological polar surface area (TPSA) is 142 Å². The fourth-order valence-corrected chi connectivity index (χ4v) is 4.23. The number of esters is 1. The summed E-state index contributed by atoms with van der Waals surface area (Å²) in [5, 5.41) is 18.2. The SMILES string of the molecule is CC(C)(COC(=O)OCCn1nc(C#N)c(-c2nc(-c3cccc(C(F)(F)F)c3)oc2C2CC2)n1)C(=O)OCc1ccccc1. The molecule has 4 aromatic rings. The minimum absolute atomic E-state index is 0.0123. The fourth-order valence-electron chi connectivity index (χ4n) is 4.23. The molecule has 0 N–H and O–H groups in total. The number of carbonyl (C=O) groups is 2. The van der Waals surface area contributed by atoms with Crippen LogP contribution in [0.3, 0.4) is 0 Å². The average molecular weight is 624 g/mol. The number of alkyl halides is 3. The molecule has 1 fully saturated rings. The molecule has 0 spiro atoms. The first-order valence-corrected chi connectivity index (χ1v) is 14.0. The van der Waals surface area contributed by atoms with Gasteiger partial charge in [-0.05, 0) is 50.5 Å². The molecule has 11 nitrogen and oxygen atoms in total. The molecule has 14 heteroatoms. The van der Waals surface area contributed by atoms with E-state index in [4.69, 9.17) is 18.6 Å². The Balaban J connectivity index is 1.20. The van der Waals surface area contributed by atoms with Crippen LogP contribution in [0.5, 0.6) is 0 Å². The zero-order chi connectivity index (χ0) is 32.2. The quantitative estimate of drug-likeness (QED) is 0.175. The second-order valence-corrected chi connectivity index (χ2v) is 11.0. The van der Waals surface area contributed by atoms with E-state index in [0.29, 0.717) is 5.76 Å². The lowest BCUT2D eigenvalue weighted by molar-refractivity contribution is -0.157. The molecule has 1 aliphatic carbocycles. The summed E-state index contributed by atoms with van der Waals surface area (Å²) in [5.74, 6) is -0.183. The van der Waals surface area contributed by atoms with Gasteiger partial charge < -0.3 is 18.6 Å². The van der Waals surface area contributed by atoms with Crippen LogP contribution in [-0.2, 0) is 38.3 Å². The number of hydrogen-bond acceptors (Lipinski definition) is 10. The first kappa shape index (κ1) is 31.2. The van der Waals surface area contributed by atoms with Crippen molar-refractivity contribution >= 4 is 12.1 Å². The lowest BCUT2D eigenvalue weighted by atomic mass is 9.95. The Morgan fingerprint density at radius 3 is 2.47 bits per heavy atom. The van der Waals surface area contributed by atoms with Crippen LogP contribution in [-0.4, -0.2) is 45.3 Å². The maximum Gasteiger partial charge on any atom is 0.508 e. The second-order valence-electron chi connectivity index (χ2n) is 11.0. The van der Waals surface area contributed by atoms with E-state index in [0.717, 1.165) is 35.3 Å². The van der Waals surface area contributed by atoms with Gasteiger partial charge in [0.05, 0.1) is 17.5 Å². The van der Waals surface area contributed by atoms with E-state index in [-0.39, 0.29) is 60.8 Å². The highest BCUT2D eigenvalue weighted by Crippen LogP contribution is 2.46. The van der Waals surface area contributed by atoms with Gasteiger partial charge in [-0.15, -0.1) is 10.2 Å². The van der Waals surface area contributed by atoms with E-state index < -0.39 is 29.3 Å². The van der Waals surface area contributed by atoms with Gasteiger partial charge in [0.15, 0.2) is 11.4 Å². The Kier molecular flexibility index (Phi) is 8.89. The van der Waals surface area contributed by atoms with Crippen LogP contribution in [0.4, 0.5) is 18.0 Å². The third-order valence-corrected chi connectivity index (χ3v) is 6.85. The summed E-state index contributed by atoms with van der Waals surface area (Å²) in [6, 6.07) is 15.7. The van der Waals surface area contributed by atoms with Crippen LogP contribution >= 0.6 is 0 Å². The van der Waals surface area contributed by atoms with Gasteiger partial charge >= 0.3 is 18.3 Å². The number of hydrogen-bond donors (Lipinski definition) is 0. The van der Waals surface area contributed by atoms with Crippen molar-refractivity contribution in [3.63, 3.8) is 0 Å². The van der Waals surface area contributed by atoms with E-state index in [1.165, 1.54) is 12.1 Å². The maximum atomic E-state index is 13.3. The number of oxazole rings is 1. The van der Waals surface area contributed by atoms with E-state index in [9.17, 15) is 28.0 Å². The number of nitrogens with zero attached hydrogens (tertiary/aromatic N) is 5. The van der Waals surface area contributed by atoms with Crippen molar-refractivity contribution in [2.24, 2.45) is 5.41 Å². The summed E-state index contributed by atoms with van der Waals surface area (Å²) >= 11 is 0. The Morgan fingerprint density at radius 2 is 1.78 bits per heavy atom. The van der Waals surface area contributed by atoms with Crippen LogP contribution < -0.4 is 0 Å². The molecule has 0 atom stereocenters. The van der Waals surface area contributed by atoms with E-state index in [2.05, 4.69) is 15.2 Å². The summed E-state index contributed by atoms with van der Waals surface area (Å²) < 4.78 is 61.2. The smallest absolute Gasteiger partial charge is 0.460 e. The lowest BCUT2D eigenvalue weighted by Gasteiger charge is -2.22. The number of nitriles is 1. The number of halogens is 3.